The number of hydrogen-bond donors (Lipinski definition) is 0. The summed E-state index contributed by atoms with van der Waals surface area (Å²) in [5, 5.41) is 0.792. The van der Waals surface area contributed by atoms with Crippen molar-refractivity contribution in [3.8, 4) is 0 Å². The van der Waals surface area contributed by atoms with Crippen molar-refractivity contribution in [3.05, 3.63) is 103 Å². The molecule has 1 aliphatic heterocycles. The van der Waals surface area contributed by atoms with Gasteiger partial charge in [0, 0.05) is 16.4 Å². The highest BCUT2D eigenvalue weighted by Gasteiger charge is 2.35. The van der Waals surface area contributed by atoms with Crippen LogP contribution < -0.4 is 5.56 Å². The maximum atomic E-state index is 13.3. The molecule has 0 aliphatic carbocycles. The number of benzene rings is 2. The topological polar surface area (TPSA) is 77.2 Å². The van der Waals surface area contributed by atoms with E-state index in [1.165, 1.54) is 9.58 Å². The summed E-state index contributed by atoms with van der Waals surface area (Å²) in [7, 11) is 0. The zero-order valence-electron chi connectivity index (χ0n) is 19.3. The number of fused-ring (bicyclic) bond motifs is 1. The monoisotopic (exact) mass is 504 g/mol. The average Bonchev–Trinajstić information content (AvgIpc) is 3.25. The molecule has 9 heteroatoms. The van der Waals surface area contributed by atoms with E-state index in [2.05, 4.69) is 4.98 Å². The third kappa shape index (κ3) is 4.09. The molecule has 3 heterocycles. The van der Waals surface area contributed by atoms with Crippen molar-refractivity contribution in [2.45, 2.75) is 27.3 Å². The number of hydrogen-bond acceptors (Lipinski definition) is 5. The van der Waals surface area contributed by atoms with Crippen LogP contribution in [0.1, 0.15) is 28.3 Å². The zero-order chi connectivity index (χ0) is 24.9. The van der Waals surface area contributed by atoms with Gasteiger partial charge in [-0.05, 0) is 80.1 Å². The predicted molar refractivity (Wildman–Crippen MR) is 138 cm³/mol. The van der Waals surface area contributed by atoms with Crippen molar-refractivity contribution in [3.63, 3.8) is 0 Å². The summed E-state index contributed by atoms with van der Waals surface area (Å²) in [6.45, 7) is 5.72. The first-order valence-corrected chi connectivity index (χ1v) is 12.1. The Kier molecular flexibility index (Phi) is 5.86. The van der Waals surface area contributed by atoms with Crippen molar-refractivity contribution in [1.29, 1.82) is 0 Å². The average molecular weight is 505 g/mol. The van der Waals surface area contributed by atoms with Crippen molar-refractivity contribution in [2.24, 2.45) is 0 Å². The molecule has 1 saturated heterocycles. The van der Waals surface area contributed by atoms with Crippen LogP contribution in [0.25, 0.3) is 17.0 Å². The van der Waals surface area contributed by atoms with Crippen LogP contribution in [0.2, 0.25) is 5.02 Å². The molecule has 0 bridgehead atoms. The molecule has 0 N–H and O–H groups in total. The predicted octanol–water partition coefficient (Wildman–Crippen LogP) is 5.32. The summed E-state index contributed by atoms with van der Waals surface area (Å²) in [6, 6.07) is 16.2. The zero-order valence-corrected chi connectivity index (χ0v) is 20.9. The summed E-state index contributed by atoms with van der Waals surface area (Å²) in [4.78, 5) is 45.1. The van der Waals surface area contributed by atoms with E-state index in [4.69, 9.17) is 11.6 Å². The second-order valence-electron chi connectivity index (χ2n) is 8.33. The third-order valence-electron chi connectivity index (χ3n) is 5.96. The van der Waals surface area contributed by atoms with Gasteiger partial charge in [0.1, 0.15) is 5.82 Å². The molecule has 0 saturated carbocycles. The molecule has 0 unspecified atom stereocenters. The Hall–Kier alpha value is -3.62. The van der Waals surface area contributed by atoms with Crippen LogP contribution in [0.3, 0.4) is 0 Å². The van der Waals surface area contributed by atoms with Gasteiger partial charge in [-0.1, -0.05) is 35.9 Å². The second-order valence-corrected chi connectivity index (χ2v) is 9.76. The normalized spacial score (nSPS) is 15.1. The molecule has 35 heavy (non-hydrogen) atoms. The second kappa shape index (κ2) is 8.87. The highest BCUT2D eigenvalue weighted by atomic mass is 35.5. The molecular formula is C26H21ClN4O3S. The van der Waals surface area contributed by atoms with Gasteiger partial charge in [-0.25, -0.2) is 4.98 Å². The standard InChI is InChI=1S/C26H21ClN4O3S/c1-15-12-19(13-23-25(33)29(26(34)35-23)14-18-8-10-20(27)11-9-18)16(2)30(15)31-17(3)28-22-7-5-4-6-21(22)24(31)32/h4-13H,14H2,1-3H3. The van der Waals surface area contributed by atoms with Crippen LogP contribution in [0, 0.1) is 20.8 Å². The van der Waals surface area contributed by atoms with Crippen LogP contribution in [0.15, 0.2) is 64.3 Å². The maximum absolute atomic E-state index is 13.3. The van der Waals surface area contributed by atoms with Crippen molar-refractivity contribution in [2.75, 3.05) is 0 Å². The quantitative estimate of drug-likeness (QED) is 0.351. The number of amides is 2. The molecule has 5 rings (SSSR count). The van der Waals surface area contributed by atoms with E-state index in [0.29, 0.717) is 26.7 Å². The molecule has 2 aromatic carbocycles. The number of rotatable bonds is 4. The van der Waals surface area contributed by atoms with Gasteiger partial charge in [-0.2, -0.15) is 4.68 Å². The van der Waals surface area contributed by atoms with Gasteiger partial charge in [0.05, 0.1) is 22.4 Å². The summed E-state index contributed by atoms with van der Waals surface area (Å²) >= 11 is 6.84. The minimum absolute atomic E-state index is 0.176. The number of thioether (sulfide) groups is 1. The number of para-hydroxylation sites is 1. The number of halogens is 1. The van der Waals surface area contributed by atoms with E-state index < -0.39 is 0 Å². The lowest BCUT2D eigenvalue weighted by Gasteiger charge is -2.16. The Morgan fingerprint density at radius 3 is 2.43 bits per heavy atom. The summed E-state index contributed by atoms with van der Waals surface area (Å²) in [5.74, 6) is 0.200. The highest BCUT2D eigenvalue weighted by Crippen LogP contribution is 2.34. The minimum Gasteiger partial charge on any atom is -0.268 e. The van der Waals surface area contributed by atoms with Crippen LogP contribution >= 0.6 is 23.4 Å². The first-order valence-electron chi connectivity index (χ1n) is 10.9. The number of imide groups is 1. The van der Waals surface area contributed by atoms with Crippen molar-refractivity contribution in [1.82, 2.24) is 19.2 Å². The fourth-order valence-electron chi connectivity index (χ4n) is 4.25. The Morgan fingerprint density at radius 1 is 0.971 bits per heavy atom. The molecule has 0 radical (unpaired) electrons. The van der Waals surface area contributed by atoms with E-state index >= 15 is 0 Å². The molecule has 176 valence electrons. The van der Waals surface area contributed by atoms with Gasteiger partial charge >= 0.3 is 0 Å². The van der Waals surface area contributed by atoms with Gasteiger partial charge in [-0.3, -0.25) is 24.0 Å². The summed E-state index contributed by atoms with van der Waals surface area (Å²) in [5.41, 5.74) is 3.59. The van der Waals surface area contributed by atoms with Gasteiger partial charge in [0.25, 0.3) is 16.7 Å². The lowest BCUT2D eigenvalue weighted by atomic mass is 10.2. The fraction of sp³-hybridized carbons (Fsp3) is 0.154. The van der Waals surface area contributed by atoms with Gasteiger partial charge < -0.3 is 0 Å². The van der Waals surface area contributed by atoms with Crippen molar-refractivity contribution < 1.29 is 9.59 Å². The third-order valence-corrected chi connectivity index (χ3v) is 7.12. The number of aryl methyl sites for hydroxylation is 2. The van der Waals surface area contributed by atoms with E-state index in [9.17, 15) is 14.4 Å². The van der Waals surface area contributed by atoms with Crippen molar-refractivity contribution >= 4 is 51.5 Å². The fourth-order valence-corrected chi connectivity index (χ4v) is 5.21. The van der Waals surface area contributed by atoms with Crippen LogP contribution in [-0.4, -0.2) is 30.4 Å². The lowest BCUT2D eigenvalue weighted by Crippen LogP contribution is -2.30. The van der Waals surface area contributed by atoms with Gasteiger partial charge in [-0.15, -0.1) is 0 Å². The Labute approximate surface area is 210 Å². The first-order chi connectivity index (χ1) is 16.7. The van der Waals surface area contributed by atoms with Gasteiger partial charge in [0.2, 0.25) is 0 Å². The Balaban J connectivity index is 1.51. The number of carbonyl (C=O) groups is 2. The number of nitrogens with zero attached hydrogens (tertiary/aromatic N) is 4. The van der Waals surface area contributed by atoms with E-state index in [1.54, 1.807) is 48.0 Å². The first kappa shape index (κ1) is 23.1. The molecule has 2 amide bonds. The largest absolute Gasteiger partial charge is 0.293 e. The van der Waals surface area contributed by atoms with E-state index in [-0.39, 0.29) is 23.3 Å². The summed E-state index contributed by atoms with van der Waals surface area (Å²) in [6.07, 6.45) is 1.71. The number of aromatic nitrogens is 3. The van der Waals surface area contributed by atoms with E-state index in [1.807, 2.05) is 38.1 Å². The molecule has 1 fully saturated rings. The summed E-state index contributed by atoms with van der Waals surface area (Å²) < 4.78 is 3.33. The molecule has 7 nitrogen and oxygen atoms in total. The number of carbonyl (C=O) groups excluding carboxylic acids is 2. The molecule has 0 atom stereocenters. The van der Waals surface area contributed by atoms with Crippen LogP contribution in [0.5, 0.6) is 0 Å². The Bertz CT molecular complexity index is 1600. The smallest absolute Gasteiger partial charge is 0.268 e. The molecular weight excluding hydrogens is 484 g/mol. The molecule has 4 aromatic rings. The Morgan fingerprint density at radius 2 is 1.69 bits per heavy atom. The highest BCUT2D eigenvalue weighted by molar-refractivity contribution is 8.18. The SMILES string of the molecule is Cc1cc(C=C2SC(=O)N(Cc3ccc(Cl)cc3)C2=O)c(C)n1-n1c(C)nc2ccccc2c1=O. The lowest BCUT2D eigenvalue weighted by molar-refractivity contribution is -0.123. The van der Waals surface area contributed by atoms with E-state index in [0.717, 1.165) is 34.3 Å². The van der Waals surface area contributed by atoms with Crippen LogP contribution in [-0.2, 0) is 11.3 Å². The molecule has 0 spiro atoms. The van der Waals surface area contributed by atoms with Gasteiger partial charge in [0.15, 0.2) is 0 Å². The maximum Gasteiger partial charge on any atom is 0.293 e. The van der Waals surface area contributed by atoms with Crippen LogP contribution in [0.4, 0.5) is 4.79 Å². The molecule has 1 aliphatic rings. The molecule has 2 aromatic heterocycles. The minimum atomic E-state index is -0.347.